The minimum atomic E-state index is 0.133. The number of nitrogens with zero attached hydrogens (tertiary/aromatic N) is 6. The van der Waals surface area contributed by atoms with E-state index in [0.717, 1.165) is 22.3 Å². The van der Waals surface area contributed by atoms with Crippen molar-refractivity contribution in [3.05, 3.63) is 42.7 Å². The zero-order valence-electron chi connectivity index (χ0n) is 14.3. The Morgan fingerprint density at radius 3 is 2.88 bits per heavy atom. The molecule has 0 unspecified atom stereocenters. The van der Waals surface area contributed by atoms with Crippen LogP contribution in [0.25, 0.3) is 22.4 Å². The molecule has 0 spiro atoms. The summed E-state index contributed by atoms with van der Waals surface area (Å²) in [5.41, 5.74) is 3.98. The molecule has 8 heteroatoms. The van der Waals surface area contributed by atoms with Crippen LogP contribution in [0.1, 0.15) is 12.6 Å². The van der Waals surface area contributed by atoms with Crippen molar-refractivity contribution in [1.29, 1.82) is 0 Å². The van der Waals surface area contributed by atoms with Gasteiger partial charge in [0.25, 0.3) is 0 Å². The molecule has 0 saturated heterocycles. The third kappa shape index (κ3) is 2.80. The van der Waals surface area contributed by atoms with E-state index in [1.165, 1.54) is 0 Å². The van der Waals surface area contributed by atoms with Crippen LogP contribution >= 0.6 is 0 Å². The van der Waals surface area contributed by atoms with E-state index in [-0.39, 0.29) is 6.04 Å². The van der Waals surface area contributed by atoms with Crippen LogP contribution in [0.3, 0.4) is 0 Å². The minimum Gasteiger partial charge on any atom is -0.383 e. The first-order chi connectivity index (χ1) is 12.2. The fourth-order valence-corrected chi connectivity index (χ4v) is 2.85. The van der Waals surface area contributed by atoms with Crippen molar-refractivity contribution in [2.45, 2.75) is 19.9 Å². The zero-order valence-corrected chi connectivity index (χ0v) is 14.3. The largest absolute Gasteiger partial charge is 0.383 e. The number of aromatic nitrogens is 6. The molecule has 128 valence electrons. The molecule has 0 aliphatic heterocycles. The molecule has 0 amide bonds. The highest BCUT2D eigenvalue weighted by Gasteiger charge is 2.11. The molecule has 1 N–H and O–H groups in total. The highest BCUT2D eigenvalue weighted by Crippen LogP contribution is 2.25. The Morgan fingerprint density at radius 2 is 2.04 bits per heavy atom. The summed E-state index contributed by atoms with van der Waals surface area (Å²) in [7, 11) is 1.67. The number of methoxy groups -OCH3 is 1. The van der Waals surface area contributed by atoms with E-state index in [1.807, 2.05) is 59.8 Å². The quantitative estimate of drug-likeness (QED) is 0.601. The summed E-state index contributed by atoms with van der Waals surface area (Å²) < 4.78 is 8.91. The van der Waals surface area contributed by atoms with E-state index in [1.54, 1.807) is 7.11 Å². The van der Waals surface area contributed by atoms with Gasteiger partial charge in [-0.3, -0.25) is 4.40 Å². The SMILES string of the molecule is COC[C@@H](C)Nc1ncc2c(-c3cnc4ncc(C)n4c3)ccn2n1. The van der Waals surface area contributed by atoms with Crippen LogP contribution in [-0.4, -0.2) is 48.7 Å². The maximum absolute atomic E-state index is 5.12. The Morgan fingerprint density at radius 1 is 1.20 bits per heavy atom. The number of aryl methyl sites for hydroxylation is 1. The first kappa shape index (κ1) is 15.5. The van der Waals surface area contributed by atoms with Crippen LogP contribution in [0.2, 0.25) is 0 Å². The molecule has 25 heavy (non-hydrogen) atoms. The molecule has 0 aliphatic carbocycles. The highest BCUT2D eigenvalue weighted by molar-refractivity contribution is 5.79. The Bertz CT molecular complexity index is 1040. The van der Waals surface area contributed by atoms with E-state index >= 15 is 0 Å². The monoisotopic (exact) mass is 337 g/mol. The average molecular weight is 337 g/mol. The topological polar surface area (TPSA) is 81.6 Å². The summed E-state index contributed by atoms with van der Waals surface area (Å²) in [6.45, 7) is 4.62. The van der Waals surface area contributed by atoms with Gasteiger partial charge in [0.2, 0.25) is 11.7 Å². The van der Waals surface area contributed by atoms with Crippen LogP contribution in [0, 0.1) is 6.92 Å². The minimum absolute atomic E-state index is 0.133. The molecule has 4 aromatic rings. The molecule has 0 aliphatic rings. The fourth-order valence-electron chi connectivity index (χ4n) is 2.85. The van der Waals surface area contributed by atoms with E-state index in [4.69, 9.17) is 4.74 Å². The lowest BCUT2D eigenvalue weighted by Gasteiger charge is -2.12. The zero-order chi connectivity index (χ0) is 17.4. The number of fused-ring (bicyclic) bond motifs is 2. The van der Waals surface area contributed by atoms with Crippen molar-refractivity contribution in [1.82, 2.24) is 29.0 Å². The van der Waals surface area contributed by atoms with Crippen LogP contribution < -0.4 is 5.32 Å². The number of nitrogens with one attached hydrogen (secondary N) is 1. The number of ether oxygens (including phenoxy) is 1. The van der Waals surface area contributed by atoms with Crippen LogP contribution in [0.4, 0.5) is 5.95 Å². The molecule has 0 fully saturated rings. The molecule has 0 radical (unpaired) electrons. The molecule has 0 aromatic carbocycles. The van der Waals surface area contributed by atoms with Gasteiger partial charge in [0, 0.05) is 48.6 Å². The van der Waals surface area contributed by atoms with Crippen molar-refractivity contribution in [2.75, 3.05) is 19.0 Å². The smallest absolute Gasteiger partial charge is 0.241 e. The summed E-state index contributed by atoms with van der Waals surface area (Å²) in [6.07, 6.45) is 9.40. The molecular weight excluding hydrogens is 318 g/mol. The molecule has 1 atom stereocenters. The van der Waals surface area contributed by atoms with E-state index in [0.29, 0.717) is 18.3 Å². The van der Waals surface area contributed by atoms with Gasteiger partial charge in [0.1, 0.15) is 0 Å². The van der Waals surface area contributed by atoms with Crippen molar-refractivity contribution >= 4 is 17.2 Å². The van der Waals surface area contributed by atoms with Gasteiger partial charge >= 0.3 is 0 Å². The summed E-state index contributed by atoms with van der Waals surface area (Å²) in [5.74, 6) is 1.26. The maximum atomic E-state index is 5.12. The lowest BCUT2D eigenvalue weighted by Crippen LogP contribution is -2.22. The summed E-state index contributed by atoms with van der Waals surface area (Å²) in [4.78, 5) is 13.1. The standard InChI is InChI=1S/C17H19N7O/c1-11(10-25-3)21-16-18-8-15-14(4-5-24(15)22-16)13-7-20-17-19-6-12(2)23(17)9-13/h4-9,11H,10H2,1-3H3,(H,21,22)/t11-/m1/s1. The molecule has 4 rings (SSSR count). The number of hydrogen-bond donors (Lipinski definition) is 1. The number of hydrogen-bond acceptors (Lipinski definition) is 6. The van der Waals surface area contributed by atoms with Gasteiger partial charge in [-0.15, -0.1) is 5.10 Å². The number of imidazole rings is 1. The number of rotatable bonds is 5. The summed E-state index contributed by atoms with van der Waals surface area (Å²) in [6, 6.07) is 2.15. The first-order valence-corrected chi connectivity index (χ1v) is 8.05. The van der Waals surface area contributed by atoms with E-state index in [9.17, 15) is 0 Å². The van der Waals surface area contributed by atoms with Crippen molar-refractivity contribution in [3.8, 4) is 11.1 Å². The molecule has 8 nitrogen and oxygen atoms in total. The first-order valence-electron chi connectivity index (χ1n) is 8.05. The Balaban J connectivity index is 1.71. The van der Waals surface area contributed by atoms with E-state index in [2.05, 4.69) is 25.4 Å². The number of anilines is 1. The van der Waals surface area contributed by atoms with Crippen molar-refractivity contribution in [2.24, 2.45) is 0 Å². The van der Waals surface area contributed by atoms with Crippen molar-refractivity contribution < 1.29 is 4.74 Å². The van der Waals surface area contributed by atoms with Gasteiger partial charge in [-0.2, -0.15) is 0 Å². The molecule has 0 bridgehead atoms. The molecule has 0 saturated carbocycles. The second-order valence-electron chi connectivity index (χ2n) is 6.05. The van der Waals surface area contributed by atoms with Gasteiger partial charge in [0.05, 0.1) is 24.5 Å². The van der Waals surface area contributed by atoms with Gasteiger partial charge in [-0.05, 0) is 19.9 Å². The molecule has 4 heterocycles. The van der Waals surface area contributed by atoms with E-state index < -0.39 is 0 Å². The maximum Gasteiger partial charge on any atom is 0.241 e. The third-order valence-corrected chi connectivity index (χ3v) is 4.07. The third-order valence-electron chi connectivity index (χ3n) is 4.07. The van der Waals surface area contributed by atoms with Gasteiger partial charge in [0.15, 0.2) is 0 Å². The van der Waals surface area contributed by atoms with Crippen LogP contribution in [0.15, 0.2) is 37.1 Å². The fraction of sp³-hybridized carbons (Fsp3) is 0.294. The lowest BCUT2D eigenvalue weighted by molar-refractivity contribution is 0.190. The summed E-state index contributed by atoms with van der Waals surface area (Å²) >= 11 is 0. The Hall–Kier alpha value is -3.00. The van der Waals surface area contributed by atoms with Gasteiger partial charge in [-0.1, -0.05) is 0 Å². The average Bonchev–Trinajstić information content (AvgIpc) is 3.18. The normalized spacial score (nSPS) is 12.8. The Kier molecular flexibility index (Phi) is 3.81. The van der Waals surface area contributed by atoms with Gasteiger partial charge in [-0.25, -0.2) is 19.5 Å². The molecular formula is C17H19N7O. The second-order valence-corrected chi connectivity index (χ2v) is 6.05. The molecule has 4 aromatic heterocycles. The lowest BCUT2D eigenvalue weighted by atomic mass is 10.1. The van der Waals surface area contributed by atoms with Gasteiger partial charge < -0.3 is 10.1 Å². The second kappa shape index (κ2) is 6.14. The summed E-state index contributed by atoms with van der Waals surface area (Å²) in [5, 5.41) is 7.73. The van der Waals surface area contributed by atoms with Crippen LogP contribution in [0.5, 0.6) is 0 Å². The Labute approximate surface area is 144 Å². The predicted molar refractivity (Wildman–Crippen MR) is 94.7 cm³/mol. The van der Waals surface area contributed by atoms with Crippen LogP contribution in [-0.2, 0) is 4.74 Å². The van der Waals surface area contributed by atoms with Crippen molar-refractivity contribution in [3.63, 3.8) is 0 Å². The predicted octanol–water partition coefficient (Wildman–Crippen LogP) is 2.19. The highest BCUT2D eigenvalue weighted by atomic mass is 16.5.